The minimum atomic E-state index is 0.361. The maximum atomic E-state index is 2.41. The number of hydrogen-bond donors (Lipinski definition) is 1. The third-order valence-electron chi connectivity index (χ3n) is 3.45. The lowest BCUT2D eigenvalue weighted by Crippen LogP contribution is -2.83. The second-order valence-corrected chi connectivity index (χ2v) is 5.85. The van der Waals surface area contributed by atoms with Crippen LogP contribution in [0.1, 0.15) is 22.0 Å². The predicted octanol–water partition coefficient (Wildman–Crippen LogP) is 3.60. The Bertz CT molecular complexity index is 578. The second kappa shape index (κ2) is 6.51. The summed E-state index contributed by atoms with van der Waals surface area (Å²) < 4.78 is 0. The van der Waals surface area contributed by atoms with Crippen LogP contribution in [0.4, 0.5) is 0 Å². The fraction of sp³-hybridized carbons (Fsp3) is 0.111. The highest BCUT2D eigenvalue weighted by molar-refractivity contribution is 7.09. The molecule has 0 radical (unpaired) electrons. The molecule has 0 atom stereocenters. The molecule has 20 heavy (non-hydrogen) atoms. The van der Waals surface area contributed by atoms with Crippen molar-refractivity contribution >= 4 is 11.3 Å². The summed E-state index contributed by atoms with van der Waals surface area (Å²) in [5, 5.41) is 4.56. The van der Waals surface area contributed by atoms with E-state index in [2.05, 4.69) is 83.5 Å². The Morgan fingerprint density at radius 2 is 1.35 bits per heavy atom. The Labute approximate surface area is 123 Å². The molecule has 0 saturated heterocycles. The first-order valence-corrected chi connectivity index (χ1v) is 7.77. The number of rotatable bonds is 5. The number of hydrogen-bond acceptors (Lipinski definition) is 1. The molecular formula is C18H18NS+. The zero-order chi connectivity index (χ0) is 13.6. The maximum absolute atomic E-state index is 2.41. The predicted molar refractivity (Wildman–Crippen MR) is 84.7 cm³/mol. The average Bonchev–Trinajstić information content (AvgIpc) is 3.03. The average molecular weight is 280 g/mol. The highest BCUT2D eigenvalue weighted by Gasteiger charge is 2.16. The Kier molecular flexibility index (Phi) is 4.26. The van der Waals surface area contributed by atoms with Crippen LogP contribution in [0.25, 0.3) is 0 Å². The van der Waals surface area contributed by atoms with Gasteiger partial charge < -0.3 is 5.32 Å². The van der Waals surface area contributed by atoms with Crippen molar-refractivity contribution in [2.45, 2.75) is 12.6 Å². The molecule has 1 nitrogen and oxygen atoms in total. The highest BCUT2D eigenvalue weighted by Crippen LogP contribution is 2.18. The standard InChI is InChI=1S/C18H17NS/c1-3-8-15(9-4-1)18(16-10-5-2-6-11-16)19-14-17-12-7-13-20-17/h1-13,18-19H,14H2/p+1. The Balaban J connectivity index is 1.84. The van der Waals surface area contributed by atoms with Crippen LogP contribution in [0.5, 0.6) is 0 Å². The molecule has 0 aliphatic rings. The Morgan fingerprint density at radius 3 is 1.85 bits per heavy atom. The molecule has 100 valence electrons. The summed E-state index contributed by atoms with van der Waals surface area (Å²) >= 11 is 1.82. The molecule has 0 amide bonds. The van der Waals surface area contributed by atoms with Crippen LogP contribution >= 0.6 is 11.3 Å². The quantitative estimate of drug-likeness (QED) is 0.735. The lowest BCUT2D eigenvalue weighted by molar-refractivity contribution is -0.702. The molecule has 1 aromatic heterocycles. The molecule has 2 aromatic carbocycles. The minimum absolute atomic E-state index is 0.361. The van der Waals surface area contributed by atoms with Gasteiger partial charge in [-0.25, -0.2) is 0 Å². The summed E-state index contributed by atoms with van der Waals surface area (Å²) in [7, 11) is 0. The molecule has 2 heteroatoms. The fourth-order valence-electron chi connectivity index (χ4n) is 2.45. The van der Waals surface area contributed by atoms with Crippen LogP contribution in [-0.2, 0) is 6.54 Å². The van der Waals surface area contributed by atoms with E-state index in [1.165, 1.54) is 16.0 Å². The van der Waals surface area contributed by atoms with Crippen LogP contribution in [0.15, 0.2) is 78.2 Å². The minimum Gasteiger partial charge on any atom is -0.332 e. The molecule has 0 bridgehead atoms. The first-order valence-electron chi connectivity index (χ1n) is 6.89. The van der Waals surface area contributed by atoms with Crippen LogP contribution in [0, 0.1) is 0 Å². The van der Waals surface area contributed by atoms with Crippen molar-refractivity contribution in [1.82, 2.24) is 0 Å². The number of benzene rings is 2. The number of nitrogens with two attached hydrogens (primary N) is 1. The van der Waals surface area contributed by atoms with Crippen LogP contribution in [-0.4, -0.2) is 0 Å². The molecule has 3 rings (SSSR count). The van der Waals surface area contributed by atoms with E-state index in [1.807, 2.05) is 11.3 Å². The zero-order valence-electron chi connectivity index (χ0n) is 11.3. The maximum Gasteiger partial charge on any atom is 0.138 e. The monoisotopic (exact) mass is 280 g/mol. The van der Waals surface area contributed by atoms with Gasteiger partial charge in [-0.15, -0.1) is 11.3 Å². The third kappa shape index (κ3) is 3.16. The molecule has 0 aliphatic carbocycles. The molecule has 1 heterocycles. The van der Waals surface area contributed by atoms with Gasteiger partial charge in [0.2, 0.25) is 0 Å². The largest absolute Gasteiger partial charge is 0.332 e. The van der Waals surface area contributed by atoms with Crippen molar-refractivity contribution < 1.29 is 5.32 Å². The summed E-state index contributed by atoms with van der Waals surface area (Å²) in [4.78, 5) is 1.42. The van der Waals surface area contributed by atoms with E-state index in [9.17, 15) is 0 Å². The Morgan fingerprint density at radius 1 is 0.750 bits per heavy atom. The summed E-state index contributed by atoms with van der Waals surface area (Å²) in [6.45, 7) is 1.02. The van der Waals surface area contributed by atoms with Crippen molar-refractivity contribution in [3.63, 3.8) is 0 Å². The van der Waals surface area contributed by atoms with E-state index >= 15 is 0 Å². The number of thiophene rings is 1. The highest BCUT2D eigenvalue weighted by atomic mass is 32.1. The molecule has 3 aromatic rings. The summed E-state index contributed by atoms with van der Waals surface area (Å²) in [5.74, 6) is 0. The summed E-state index contributed by atoms with van der Waals surface area (Å²) in [6.07, 6.45) is 0. The molecule has 2 N–H and O–H groups in total. The van der Waals surface area contributed by atoms with Gasteiger partial charge in [0.05, 0.1) is 4.88 Å². The normalized spacial score (nSPS) is 10.8. The van der Waals surface area contributed by atoms with Crippen LogP contribution in [0.3, 0.4) is 0 Å². The lowest BCUT2D eigenvalue weighted by Gasteiger charge is -2.16. The Hall–Kier alpha value is -1.90. The van der Waals surface area contributed by atoms with Gasteiger partial charge in [0, 0.05) is 11.1 Å². The van der Waals surface area contributed by atoms with Gasteiger partial charge in [-0.2, -0.15) is 0 Å². The van der Waals surface area contributed by atoms with Crippen molar-refractivity contribution in [1.29, 1.82) is 0 Å². The van der Waals surface area contributed by atoms with Gasteiger partial charge in [-0.3, -0.25) is 0 Å². The zero-order valence-corrected chi connectivity index (χ0v) is 12.1. The molecule has 0 saturated carbocycles. The first kappa shape index (κ1) is 13.1. The van der Waals surface area contributed by atoms with E-state index < -0.39 is 0 Å². The summed E-state index contributed by atoms with van der Waals surface area (Å²) in [6, 6.07) is 26.1. The topological polar surface area (TPSA) is 16.6 Å². The molecule has 0 aliphatic heterocycles. The SMILES string of the molecule is c1ccc(C([NH2+]Cc2cccs2)c2ccccc2)cc1. The van der Waals surface area contributed by atoms with Gasteiger partial charge in [-0.1, -0.05) is 66.7 Å². The van der Waals surface area contributed by atoms with E-state index in [-0.39, 0.29) is 0 Å². The van der Waals surface area contributed by atoms with Gasteiger partial charge in [0.1, 0.15) is 12.6 Å². The third-order valence-corrected chi connectivity index (χ3v) is 4.35. The molecule has 0 spiro atoms. The van der Waals surface area contributed by atoms with E-state index in [0.717, 1.165) is 6.54 Å². The van der Waals surface area contributed by atoms with Crippen molar-refractivity contribution in [3.05, 3.63) is 94.2 Å². The van der Waals surface area contributed by atoms with Crippen LogP contribution in [0.2, 0.25) is 0 Å². The van der Waals surface area contributed by atoms with Crippen molar-refractivity contribution in [2.24, 2.45) is 0 Å². The second-order valence-electron chi connectivity index (χ2n) is 4.82. The molecule has 0 fully saturated rings. The van der Waals surface area contributed by atoms with E-state index in [0.29, 0.717) is 6.04 Å². The van der Waals surface area contributed by atoms with Gasteiger partial charge >= 0.3 is 0 Å². The smallest absolute Gasteiger partial charge is 0.138 e. The van der Waals surface area contributed by atoms with Crippen molar-refractivity contribution in [2.75, 3.05) is 0 Å². The molecular weight excluding hydrogens is 262 g/mol. The first-order chi connectivity index (χ1) is 9.93. The fourth-order valence-corrected chi connectivity index (χ4v) is 3.13. The van der Waals surface area contributed by atoms with E-state index in [4.69, 9.17) is 0 Å². The van der Waals surface area contributed by atoms with E-state index in [1.54, 1.807) is 0 Å². The van der Waals surface area contributed by atoms with Gasteiger partial charge in [-0.05, 0) is 11.4 Å². The van der Waals surface area contributed by atoms with Crippen LogP contribution < -0.4 is 5.32 Å². The van der Waals surface area contributed by atoms with Gasteiger partial charge in [0.15, 0.2) is 0 Å². The molecule has 0 unspecified atom stereocenters. The summed E-state index contributed by atoms with van der Waals surface area (Å²) in [5.41, 5.74) is 2.71. The number of quaternary nitrogens is 1. The van der Waals surface area contributed by atoms with Gasteiger partial charge in [0.25, 0.3) is 0 Å². The van der Waals surface area contributed by atoms with Crippen molar-refractivity contribution in [3.8, 4) is 0 Å². The lowest BCUT2D eigenvalue weighted by atomic mass is 9.99.